The molecule has 0 bridgehead atoms. The van der Waals surface area contributed by atoms with Crippen LogP contribution in [0.15, 0.2) is 42.0 Å². The van der Waals surface area contributed by atoms with Crippen LogP contribution in [0.3, 0.4) is 0 Å². The summed E-state index contributed by atoms with van der Waals surface area (Å²) in [6, 6.07) is 6.09. The van der Waals surface area contributed by atoms with E-state index in [2.05, 4.69) is 15.6 Å². The molecule has 8 heteroatoms. The molecule has 1 saturated heterocycles. The summed E-state index contributed by atoms with van der Waals surface area (Å²) in [5.74, 6) is -0.557. The molecule has 1 aliphatic carbocycles. The van der Waals surface area contributed by atoms with Crippen molar-refractivity contribution in [2.45, 2.75) is 56.7 Å². The van der Waals surface area contributed by atoms with Crippen LogP contribution >= 0.6 is 11.3 Å². The third kappa shape index (κ3) is 4.32. The summed E-state index contributed by atoms with van der Waals surface area (Å²) in [5, 5.41) is 7.67. The lowest BCUT2D eigenvalue weighted by Gasteiger charge is -2.28. The molecule has 7 nitrogen and oxygen atoms in total. The molecule has 2 unspecified atom stereocenters. The van der Waals surface area contributed by atoms with Crippen molar-refractivity contribution in [3.8, 4) is 0 Å². The summed E-state index contributed by atoms with van der Waals surface area (Å²) >= 11 is 1.55. The van der Waals surface area contributed by atoms with Gasteiger partial charge in [-0.25, -0.2) is 4.79 Å². The molecule has 0 radical (unpaired) electrons. The van der Waals surface area contributed by atoms with Crippen molar-refractivity contribution in [1.29, 1.82) is 0 Å². The maximum atomic E-state index is 12.8. The molecule has 0 spiro atoms. The molecule has 0 aromatic carbocycles. The van der Waals surface area contributed by atoms with Gasteiger partial charge in [-0.15, -0.1) is 11.3 Å². The molecular weight excluding hydrogens is 388 g/mol. The lowest BCUT2D eigenvalue weighted by atomic mass is 9.94. The SMILES string of the molecule is O=C(CC1NC(=O)N(C2CCCCC2)C1=O)NC(c1ccncc1)c1cccs1. The highest BCUT2D eigenvalue weighted by Gasteiger charge is 2.43. The van der Waals surface area contributed by atoms with Gasteiger partial charge in [-0.3, -0.25) is 19.5 Å². The second-order valence-electron chi connectivity index (χ2n) is 7.50. The van der Waals surface area contributed by atoms with Crippen molar-refractivity contribution >= 4 is 29.2 Å². The molecule has 4 amide bonds. The quantitative estimate of drug-likeness (QED) is 0.714. The fourth-order valence-corrected chi connectivity index (χ4v) is 4.91. The highest BCUT2D eigenvalue weighted by Crippen LogP contribution is 2.27. The van der Waals surface area contributed by atoms with E-state index in [1.807, 2.05) is 29.6 Å². The Balaban J connectivity index is 1.43. The zero-order valence-corrected chi connectivity index (χ0v) is 16.9. The Morgan fingerprint density at radius 2 is 1.97 bits per heavy atom. The second kappa shape index (κ2) is 8.73. The number of imide groups is 1. The molecule has 2 N–H and O–H groups in total. The van der Waals surface area contributed by atoms with Gasteiger partial charge in [0.05, 0.1) is 12.5 Å². The number of thiophene rings is 1. The average molecular weight is 413 g/mol. The first kappa shape index (κ1) is 19.6. The molecule has 2 aliphatic rings. The number of pyridine rings is 1. The monoisotopic (exact) mass is 412 g/mol. The van der Waals surface area contributed by atoms with Crippen LogP contribution in [0.5, 0.6) is 0 Å². The number of hydrogen-bond donors (Lipinski definition) is 2. The highest BCUT2D eigenvalue weighted by molar-refractivity contribution is 7.10. The van der Waals surface area contributed by atoms with Crippen LogP contribution in [-0.2, 0) is 9.59 Å². The van der Waals surface area contributed by atoms with Gasteiger partial charge in [0, 0.05) is 23.3 Å². The maximum Gasteiger partial charge on any atom is 0.325 e. The normalized spacial score (nSPS) is 21.1. The van der Waals surface area contributed by atoms with E-state index in [1.54, 1.807) is 23.7 Å². The zero-order chi connectivity index (χ0) is 20.2. The Labute approximate surface area is 173 Å². The van der Waals surface area contributed by atoms with Crippen molar-refractivity contribution in [3.05, 3.63) is 52.5 Å². The Kier molecular flexibility index (Phi) is 5.89. The van der Waals surface area contributed by atoms with Crippen LogP contribution in [-0.4, -0.2) is 39.8 Å². The smallest absolute Gasteiger partial charge is 0.325 e. The number of nitrogens with zero attached hydrogens (tertiary/aromatic N) is 2. The number of aromatic nitrogens is 1. The molecule has 2 aromatic heterocycles. The van der Waals surface area contributed by atoms with E-state index in [9.17, 15) is 14.4 Å². The zero-order valence-electron chi connectivity index (χ0n) is 16.0. The summed E-state index contributed by atoms with van der Waals surface area (Å²) in [7, 11) is 0. The van der Waals surface area contributed by atoms with Crippen LogP contribution in [0.1, 0.15) is 55.0 Å². The van der Waals surface area contributed by atoms with Gasteiger partial charge >= 0.3 is 6.03 Å². The fourth-order valence-electron chi connectivity index (χ4n) is 4.11. The van der Waals surface area contributed by atoms with Crippen molar-refractivity contribution in [1.82, 2.24) is 20.5 Å². The van der Waals surface area contributed by atoms with Gasteiger partial charge in [-0.1, -0.05) is 25.3 Å². The third-order valence-corrected chi connectivity index (χ3v) is 6.49. The van der Waals surface area contributed by atoms with E-state index in [0.29, 0.717) is 0 Å². The highest BCUT2D eigenvalue weighted by atomic mass is 32.1. The lowest BCUT2D eigenvalue weighted by Crippen LogP contribution is -2.42. The summed E-state index contributed by atoms with van der Waals surface area (Å²) in [6.45, 7) is 0. The van der Waals surface area contributed by atoms with Crippen LogP contribution in [0.4, 0.5) is 4.79 Å². The maximum absolute atomic E-state index is 12.8. The van der Waals surface area contributed by atoms with Gasteiger partial charge in [0.25, 0.3) is 5.91 Å². The fraction of sp³-hybridized carbons (Fsp3) is 0.429. The predicted octanol–water partition coefficient (Wildman–Crippen LogP) is 2.99. The number of urea groups is 1. The van der Waals surface area contributed by atoms with Crippen molar-refractivity contribution in [2.24, 2.45) is 0 Å². The van der Waals surface area contributed by atoms with Crippen molar-refractivity contribution < 1.29 is 14.4 Å². The van der Waals surface area contributed by atoms with E-state index in [-0.39, 0.29) is 36.3 Å². The lowest BCUT2D eigenvalue weighted by molar-refractivity contribution is -0.132. The van der Waals surface area contributed by atoms with Gasteiger partial charge in [-0.05, 0) is 42.0 Å². The van der Waals surface area contributed by atoms with Gasteiger partial charge in [0.1, 0.15) is 6.04 Å². The number of hydrogen-bond acceptors (Lipinski definition) is 5. The summed E-state index contributed by atoms with van der Waals surface area (Å²) in [6.07, 6.45) is 8.20. The Hall–Kier alpha value is -2.74. The van der Waals surface area contributed by atoms with E-state index in [4.69, 9.17) is 0 Å². The van der Waals surface area contributed by atoms with E-state index in [0.717, 1.165) is 42.5 Å². The largest absolute Gasteiger partial charge is 0.344 e. The Morgan fingerprint density at radius 1 is 1.21 bits per heavy atom. The van der Waals surface area contributed by atoms with Crippen molar-refractivity contribution in [2.75, 3.05) is 0 Å². The first-order valence-electron chi connectivity index (χ1n) is 10.00. The van der Waals surface area contributed by atoms with Crippen LogP contribution in [0.25, 0.3) is 0 Å². The van der Waals surface area contributed by atoms with Gasteiger partial charge in [0.15, 0.2) is 0 Å². The third-order valence-electron chi connectivity index (χ3n) is 5.55. The molecule has 1 aliphatic heterocycles. The predicted molar refractivity (Wildman–Crippen MR) is 109 cm³/mol. The summed E-state index contributed by atoms with van der Waals surface area (Å²) in [5.41, 5.74) is 0.918. The first-order valence-corrected chi connectivity index (χ1v) is 10.9. The van der Waals surface area contributed by atoms with Gasteiger partial charge < -0.3 is 10.6 Å². The summed E-state index contributed by atoms with van der Waals surface area (Å²) in [4.78, 5) is 44.3. The number of amides is 4. The Morgan fingerprint density at radius 3 is 2.66 bits per heavy atom. The first-order chi connectivity index (χ1) is 14.1. The van der Waals surface area contributed by atoms with Gasteiger partial charge in [0.2, 0.25) is 5.91 Å². The molecule has 152 valence electrons. The minimum Gasteiger partial charge on any atom is -0.344 e. The van der Waals surface area contributed by atoms with Crippen molar-refractivity contribution in [3.63, 3.8) is 0 Å². The number of carbonyl (C=O) groups excluding carboxylic acids is 3. The minimum absolute atomic E-state index is 0.0417. The van der Waals surface area contributed by atoms with Gasteiger partial charge in [-0.2, -0.15) is 0 Å². The molecule has 3 heterocycles. The molecule has 4 rings (SSSR count). The molecule has 2 atom stereocenters. The van der Waals surface area contributed by atoms with E-state index < -0.39 is 6.04 Å². The average Bonchev–Trinajstić information content (AvgIpc) is 3.36. The standard InChI is InChI=1S/C21H24N4O3S/c26-18(24-19(17-7-4-12-29-17)14-8-10-22-11-9-14)13-16-20(27)25(21(28)23-16)15-5-2-1-3-6-15/h4,7-12,15-16,19H,1-3,5-6,13H2,(H,23,28)(H,24,26). The number of rotatable bonds is 6. The number of carbonyl (C=O) groups is 3. The minimum atomic E-state index is -0.800. The van der Waals surface area contributed by atoms with E-state index >= 15 is 0 Å². The number of nitrogens with one attached hydrogen (secondary N) is 2. The summed E-state index contributed by atoms with van der Waals surface area (Å²) < 4.78 is 0. The molecule has 29 heavy (non-hydrogen) atoms. The topological polar surface area (TPSA) is 91.4 Å². The molecule has 1 saturated carbocycles. The molecular formula is C21H24N4O3S. The molecule has 2 fully saturated rings. The van der Waals surface area contributed by atoms with E-state index in [1.165, 1.54) is 4.90 Å². The Bertz CT molecular complexity index is 865. The van der Waals surface area contributed by atoms with Crippen LogP contribution in [0, 0.1) is 0 Å². The second-order valence-corrected chi connectivity index (χ2v) is 8.48. The molecule has 2 aromatic rings. The van der Waals surface area contributed by atoms with Crippen LogP contribution < -0.4 is 10.6 Å². The van der Waals surface area contributed by atoms with Crippen LogP contribution in [0.2, 0.25) is 0 Å².